The van der Waals surface area contributed by atoms with E-state index in [9.17, 15) is 4.79 Å². The van der Waals surface area contributed by atoms with Crippen LogP contribution in [-0.2, 0) is 11.2 Å². The minimum Gasteiger partial charge on any atom is -0.343 e. The number of likely N-dealkylation sites (tertiary alicyclic amines) is 1. The Bertz CT molecular complexity index is 456. The Morgan fingerprint density at radius 3 is 2.56 bits per heavy atom. The summed E-state index contributed by atoms with van der Waals surface area (Å²) < 4.78 is 0. The molecule has 5 heteroatoms. The molecular formula is C13H16N4O. The van der Waals surface area contributed by atoms with E-state index in [1.807, 2.05) is 17.0 Å². The number of hydrogen-bond donors (Lipinski definition) is 0. The maximum absolute atomic E-state index is 11.8. The molecule has 1 aromatic rings. The summed E-state index contributed by atoms with van der Waals surface area (Å²) in [6.07, 6.45) is 3.56. The number of amides is 1. The van der Waals surface area contributed by atoms with Gasteiger partial charge in [0.25, 0.3) is 0 Å². The Morgan fingerprint density at radius 2 is 1.94 bits per heavy atom. The SMILES string of the molecule is [N-]=[N+]=Nc1ccc(CCC(=O)N2CCCC2)cc1. The largest absolute Gasteiger partial charge is 0.343 e. The quantitative estimate of drug-likeness (QED) is 0.455. The summed E-state index contributed by atoms with van der Waals surface area (Å²) in [6.45, 7) is 1.82. The monoisotopic (exact) mass is 244 g/mol. The Morgan fingerprint density at radius 1 is 1.28 bits per heavy atom. The van der Waals surface area contributed by atoms with Crippen LogP contribution in [0.15, 0.2) is 29.4 Å². The minimum atomic E-state index is 0.242. The average molecular weight is 244 g/mol. The first-order valence-electron chi connectivity index (χ1n) is 6.21. The van der Waals surface area contributed by atoms with Crippen LogP contribution in [0.3, 0.4) is 0 Å². The summed E-state index contributed by atoms with van der Waals surface area (Å²) in [6, 6.07) is 7.35. The molecule has 0 aliphatic carbocycles. The second-order valence-corrected chi connectivity index (χ2v) is 4.44. The Kier molecular flexibility index (Phi) is 4.20. The average Bonchev–Trinajstić information content (AvgIpc) is 2.92. The van der Waals surface area contributed by atoms with Crippen molar-refractivity contribution < 1.29 is 4.79 Å². The predicted octanol–water partition coefficient (Wildman–Crippen LogP) is 3.18. The second-order valence-electron chi connectivity index (χ2n) is 4.44. The summed E-state index contributed by atoms with van der Waals surface area (Å²) in [4.78, 5) is 16.5. The van der Waals surface area contributed by atoms with Crippen molar-refractivity contribution in [2.45, 2.75) is 25.7 Å². The number of aryl methyl sites for hydroxylation is 1. The van der Waals surface area contributed by atoms with Crippen molar-refractivity contribution in [3.63, 3.8) is 0 Å². The van der Waals surface area contributed by atoms with Gasteiger partial charge in [0.15, 0.2) is 0 Å². The summed E-state index contributed by atoms with van der Waals surface area (Å²) in [5.41, 5.74) is 10.00. The van der Waals surface area contributed by atoms with Crippen molar-refractivity contribution in [2.24, 2.45) is 5.11 Å². The zero-order valence-corrected chi connectivity index (χ0v) is 10.2. The Labute approximate surface area is 106 Å². The zero-order valence-electron chi connectivity index (χ0n) is 10.2. The fourth-order valence-electron chi connectivity index (χ4n) is 2.16. The van der Waals surface area contributed by atoms with Gasteiger partial charge in [0.05, 0.1) is 0 Å². The van der Waals surface area contributed by atoms with Crippen LogP contribution in [-0.4, -0.2) is 23.9 Å². The molecule has 0 spiro atoms. The fraction of sp³-hybridized carbons (Fsp3) is 0.462. The van der Waals surface area contributed by atoms with Crippen LogP contribution in [0.4, 0.5) is 5.69 Å². The lowest BCUT2D eigenvalue weighted by Crippen LogP contribution is -2.27. The predicted molar refractivity (Wildman–Crippen MR) is 69.4 cm³/mol. The number of rotatable bonds is 4. The highest BCUT2D eigenvalue weighted by atomic mass is 16.2. The number of carbonyl (C=O) groups is 1. The first-order valence-corrected chi connectivity index (χ1v) is 6.21. The molecule has 18 heavy (non-hydrogen) atoms. The van der Waals surface area contributed by atoms with E-state index < -0.39 is 0 Å². The highest BCUT2D eigenvalue weighted by Gasteiger charge is 2.17. The van der Waals surface area contributed by atoms with E-state index >= 15 is 0 Å². The maximum atomic E-state index is 11.8. The molecular weight excluding hydrogens is 228 g/mol. The van der Waals surface area contributed by atoms with Crippen molar-refractivity contribution in [1.82, 2.24) is 4.90 Å². The van der Waals surface area contributed by atoms with E-state index in [0.717, 1.165) is 37.9 Å². The van der Waals surface area contributed by atoms with Gasteiger partial charge in [-0.1, -0.05) is 29.4 Å². The molecule has 5 nitrogen and oxygen atoms in total. The summed E-state index contributed by atoms with van der Waals surface area (Å²) in [5, 5.41) is 3.51. The molecule has 1 heterocycles. The molecule has 0 atom stereocenters. The van der Waals surface area contributed by atoms with E-state index in [1.54, 1.807) is 12.1 Å². The van der Waals surface area contributed by atoms with Crippen LogP contribution in [0.25, 0.3) is 10.4 Å². The standard InChI is InChI=1S/C13H16N4O/c14-16-15-12-6-3-11(4-7-12)5-8-13(18)17-9-1-2-10-17/h3-4,6-7H,1-2,5,8-10H2. The molecule has 0 bridgehead atoms. The summed E-state index contributed by atoms with van der Waals surface area (Å²) in [7, 11) is 0. The smallest absolute Gasteiger partial charge is 0.222 e. The fourth-order valence-corrected chi connectivity index (χ4v) is 2.16. The molecule has 1 fully saturated rings. The maximum Gasteiger partial charge on any atom is 0.222 e. The Balaban J connectivity index is 1.85. The van der Waals surface area contributed by atoms with Crippen molar-refractivity contribution in [2.75, 3.05) is 13.1 Å². The highest BCUT2D eigenvalue weighted by Crippen LogP contribution is 2.15. The van der Waals surface area contributed by atoms with Crippen molar-refractivity contribution in [3.05, 3.63) is 40.3 Å². The van der Waals surface area contributed by atoms with Crippen LogP contribution in [0, 0.1) is 0 Å². The molecule has 1 saturated heterocycles. The lowest BCUT2D eigenvalue weighted by molar-refractivity contribution is -0.130. The van der Waals surface area contributed by atoms with Gasteiger partial charge in [-0.05, 0) is 30.4 Å². The number of hydrogen-bond acceptors (Lipinski definition) is 2. The van der Waals surface area contributed by atoms with E-state index in [2.05, 4.69) is 10.0 Å². The highest BCUT2D eigenvalue weighted by molar-refractivity contribution is 5.76. The van der Waals surface area contributed by atoms with Crippen LogP contribution in [0.1, 0.15) is 24.8 Å². The van der Waals surface area contributed by atoms with Crippen LogP contribution >= 0.6 is 0 Å². The normalized spacial score (nSPS) is 14.3. The van der Waals surface area contributed by atoms with Crippen LogP contribution < -0.4 is 0 Å². The van der Waals surface area contributed by atoms with E-state index in [0.29, 0.717) is 12.1 Å². The van der Waals surface area contributed by atoms with Gasteiger partial charge < -0.3 is 4.90 Å². The first-order chi connectivity index (χ1) is 8.79. The van der Waals surface area contributed by atoms with Gasteiger partial charge in [-0.3, -0.25) is 4.79 Å². The molecule has 0 N–H and O–H groups in total. The number of carbonyl (C=O) groups excluding carboxylic acids is 1. The van der Waals surface area contributed by atoms with Gasteiger partial charge in [0.2, 0.25) is 5.91 Å². The van der Waals surface area contributed by atoms with Crippen molar-refractivity contribution in [3.8, 4) is 0 Å². The van der Waals surface area contributed by atoms with Gasteiger partial charge in [-0.15, -0.1) is 0 Å². The molecule has 1 aliphatic rings. The van der Waals surface area contributed by atoms with Crippen molar-refractivity contribution >= 4 is 11.6 Å². The van der Waals surface area contributed by atoms with Crippen LogP contribution in [0.5, 0.6) is 0 Å². The summed E-state index contributed by atoms with van der Waals surface area (Å²) in [5.74, 6) is 0.242. The second kappa shape index (κ2) is 6.07. The number of nitrogens with zero attached hydrogens (tertiary/aromatic N) is 4. The topological polar surface area (TPSA) is 69.1 Å². The molecule has 1 aliphatic heterocycles. The van der Waals surface area contributed by atoms with Gasteiger partial charge in [-0.2, -0.15) is 0 Å². The van der Waals surface area contributed by atoms with Gasteiger partial charge in [-0.25, -0.2) is 0 Å². The van der Waals surface area contributed by atoms with Crippen molar-refractivity contribution in [1.29, 1.82) is 0 Å². The third kappa shape index (κ3) is 3.25. The van der Waals surface area contributed by atoms with Gasteiger partial charge in [0.1, 0.15) is 0 Å². The van der Waals surface area contributed by atoms with Gasteiger partial charge >= 0.3 is 0 Å². The van der Waals surface area contributed by atoms with Gasteiger partial charge in [0, 0.05) is 30.1 Å². The summed E-state index contributed by atoms with van der Waals surface area (Å²) >= 11 is 0. The molecule has 0 radical (unpaired) electrons. The number of azide groups is 1. The third-order valence-electron chi connectivity index (χ3n) is 3.18. The molecule has 1 amide bonds. The lowest BCUT2D eigenvalue weighted by atomic mass is 10.1. The molecule has 0 unspecified atom stereocenters. The van der Waals surface area contributed by atoms with E-state index in [4.69, 9.17) is 5.53 Å². The molecule has 0 saturated carbocycles. The molecule has 0 aromatic heterocycles. The number of benzene rings is 1. The minimum absolute atomic E-state index is 0.242. The third-order valence-corrected chi connectivity index (χ3v) is 3.18. The first kappa shape index (κ1) is 12.5. The molecule has 94 valence electrons. The van der Waals surface area contributed by atoms with E-state index in [1.165, 1.54) is 0 Å². The zero-order chi connectivity index (χ0) is 12.8. The van der Waals surface area contributed by atoms with E-state index in [-0.39, 0.29) is 5.91 Å². The van der Waals surface area contributed by atoms with Crippen LogP contribution in [0.2, 0.25) is 0 Å². The Hall–Kier alpha value is -2.00. The molecule has 1 aromatic carbocycles. The lowest BCUT2D eigenvalue weighted by Gasteiger charge is -2.14. The molecule has 2 rings (SSSR count).